The van der Waals surface area contributed by atoms with Gasteiger partial charge in [-0.3, -0.25) is 9.78 Å². The number of aryl methyl sites for hydroxylation is 1. The number of aromatic nitrogens is 1. The Morgan fingerprint density at radius 1 is 1.16 bits per heavy atom. The number of piperidine rings is 1. The molecule has 31 heavy (non-hydrogen) atoms. The number of pyridine rings is 1. The van der Waals surface area contributed by atoms with Crippen LogP contribution in [0.3, 0.4) is 0 Å². The first-order chi connectivity index (χ1) is 14.9. The van der Waals surface area contributed by atoms with Gasteiger partial charge in [-0.05, 0) is 56.7 Å². The number of hydrogen-bond acceptors (Lipinski definition) is 5. The van der Waals surface area contributed by atoms with Crippen LogP contribution in [-0.4, -0.2) is 46.2 Å². The molecule has 3 rings (SSSR count). The normalized spacial score (nSPS) is 17.4. The topological polar surface area (TPSA) is 68.4 Å². The van der Waals surface area contributed by atoms with Crippen molar-refractivity contribution in [2.45, 2.75) is 57.1 Å². The molecule has 1 amide bonds. The monoisotopic (exact) mass is 441 g/mol. The van der Waals surface area contributed by atoms with Crippen molar-refractivity contribution in [1.29, 1.82) is 0 Å². The molecule has 1 aliphatic heterocycles. The summed E-state index contributed by atoms with van der Waals surface area (Å²) < 4.78 is 7.11. The summed E-state index contributed by atoms with van der Waals surface area (Å²) in [5.41, 5.74) is 10.6. The molecule has 1 aliphatic rings. The fraction of sp³-hybridized carbons (Fsp3) is 0.520. The van der Waals surface area contributed by atoms with Gasteiger partial charge >= 0.3 is 0 Å². The average molecular weight is 442 g/mol. The molecule has 2 heterocycles. The molecule has 1 atom stereocenters. The number of ether oxygens (including phenoxy) is 1. The number of primary amides is 1. The SMILES string of the molecule is CCOCCC(C)(SN1CCC(c2ccc(-c3ccc(CC)cc3)cn2)CC1)C(N)=O. The molecule has 2 aromatic rings. The fourth-order valence-corrected chi connectivity index (χ4v) is 5.13. The second-order valence-corrected chi connectivity index (χ2v) is 9.96. The number of amides is 1. The van der Waals surface area contributed by atoms with Gasteiger partial charge in [0.15, 0.2) is 0 Å². The lowest BCUT2D eigenvalue weighted by molar-refractivity contribution is -0.120. The molecule has 2 N–H and O–H groups in total. The van der Waals surface area contributed by atoms with Gasteiger partial charge < -0.3 is 10.5 Å². The van der Waals surface area contributed by atoms with Gasteiger partial charge in [-0.1, -0.05) is 49.2 Å². The number of carbonyl (C=O) groups excluding carboxylic acids is 1. The smallest absolute Gasteiger partial charge is 0.234 e. The van der Waals surface area contributed by atoms with Crippen LogP contribution in [0.25, 0.3) is 11.1 Å². The lowest BCUT2D eigenvalue weighted by atomic mass is 9.93. The van der Waals surface area contributed by atoms with Gasteiger partial charge in [-0.2, -0.15) is 0 Å². The molecule has 5 nitrogen and oxygen atoms in total. The third-order valence-electron chi connectivity index (χ3n) is 6.13. The minimum atomic E-state index is -0.630. The van der Waals surface area contributed by atoms with E-state index in [2.05, 4.69) is 47.6 Å². The summed E-state index contributed by atoms with van der Waals surface area (Å²) in [6.45, 7) is 9.12. The van der Waals surface area contributed by atoms with Crippen molar-refractivity contribution < 1.29 is 9.53 Å². The van der Waals surface area contributed by atoms with Crippen LogP contribution in [0, 0.1) is 0 Å². The summed E-state index contributed by atoms with van der Waals surface area (Å²) in [6.07, 6.45) is 5.74. The highest BCUT2D eigenvalue weighted by Crippen LogP contribution is 2.37. The molecule has 1 fully saturated rings. The quantitative estimate of drug-likeness (QED) is 0.423. The van der Waals surface area contributed by atoms with Crippen molar-refractivity contribution in [3.8, 4) is 11.1 Å². The van der Waals surface area contributed by atoms with Crippen LogP contribution >= 0.6 is 11.9 Å². The predicted molar refractivity (Wildman–Crippen MR) is 129 cm³/mol. The largest absolute Gasteiger partial charge is 0.382 e. The molecule has 0 spiro atoms. The number of nitrogens with zero attached hydrogens (tertiary/aromatic N) is 2. The molecule has 0 radical (unpaired) electrons. The first-order valence-electron chi connectivity index (χ1n) is 11.3. The van der Waals surface area contributed by atoms with E-state index in [1.807, 2.05) is 20.0 Å². The van der Waals surface area contributed by atoms with Gasteiger partial charge in [0.1, 0.15) is 4.75 Å². The van der Waals surface area contributed by atoms with Crippen LogP contribution in [0.4, 0.5) is 0 Å². The molecular weight excluding hydrogens is 406 g/mol. The van der Waals surface area contributed by atoms with E-state index in [4.69, 9.17) is 15.5 Å². The summed E-state index contributed by atoms with van der Waals surface area (Å²) in [7, 11) is 0. The highest BCUT2D eigenvalue weighted by Gasteiger charge is 2.35. The summed E-state index contributed by atoms with van der Waals surface area (Å²) in [5, 5.41) is 0. The number of carbonyl (C=O) groups is 1. The lowest BCUT2D eigenvalue weighted by Gasteiger charge is -2.36. The zero-order valence-corrected chi connectivity index (χ0v) is 19.8. The van der Waals surface area contributed by atoms with E-state index in [0.717, 1.165) is 43.6 Å². The van der Waals surface area contributed by atoms with Crippen LogP contribution in [-0.2, 0) is 16.0 Å². The Labute approximate surface area is 190 Å². The second kappa shape index (κ2) is 11.1. The van der Waals surface area contributed by atoms with E-state index < -0.39 is 4.75 Å². The Kier molecular flexibility index (Phi) is 8.52. The van der Waals surface area contributed by atoms with Crippen LogP contribution < -0.4 is 5.73 Å². The zero-order valence-electron chi connectivity index (χ0n) is 19.0. The first kappa shape index (κ1) is 23.8. The van der Waals surface area contributed by atoms with Gasteiger partial charge in [0.2, 0.25) is 5.91 Å². The molecule has 6 heteroatoms. The van der Waals surface area contributed by atoms with Gasteiger partial charge in [0.25, 0.3) is 0 Å². The molecule has 0 bridgehead atoms. The van der Waals surface area contributed by atoms with Gasteiger partial charge in [-0.25, -0.2) is 4.31 Å². The van der Waals surface area contributed by atoms with Crippen molar-refractivity contribution in [2.24, 2.45) is 5.73 Å². The lowest BCUT2D eigenvalue weighted by Crippen LogP contribution is -2.43. The number of nitrogens with two attached hydrogens (primary N) is 1. The van der Waals surface area contributed by atoms with Crippen molar-refractivity contribution in [1.82, 2.24) is 9.29 Å². The highest BCUT2D eigenvalue weighted by molar-refractivity contribution is 7.99. The van der Waals surface area contributed by atoms with Crippen molar-refractivity contribution in [3.05, 3.63) is 53.9 Å². The number of rotatable bonds is 10. The maximum Gasteiger partial charge on any atom is 0.234 e. The molecular formula is C25H35N3O2S. The Hall–Kier alpha value is -1.89. The molecule has 1 aromatic heterocycles. The van der Waals surface area contributed by atoms with Gasteiger partial charge in [-0.15, -0.1) is 0 Å². The van der Waals surface area contributed by atoms with E-state index in [1.54, 1.807) is 11.9 Å². The van der Waals surface area contributed by atoms with E-state index >= 15 is 0 Å². The molecule has 1 unspecified atom stereocenters. The van der Waals surface area contributed by atoms with E-state index in [0.29, 0.717) is 25.6 Å². The molecule has 1 saturated heterocycles. The van der Waals surface area contributed by atoms with Crippen molar-refractivity contribution >= 4 is 17.9 Å². The first-order valence-corrected chi connectivity index (χ1v) is 12.1. The van der Waals surface area contributed by atoms with E-state index in [9.17, 15) is 4.79 Å². The summed E-state index contributed by atoms with van der Waals surface area (Å²) in [4.78, 5) is 16.9. The van der Waals surface area contributed by atoms with Gasteiger partial charge in [0.05, 0.1) is 0 Å². The maximum absolute atomic E-state index is 12.1. The molecule has 168 valence electrons. The van der Waals surface area contributed by atoms with Crippen molar-refractivity contribution in [3.63, 3.8) is 0 Å². The summed E-state index contributed by atoms with van der Waals surface area (Å²) in [6, 6.07) is 13.1. The molecule has 1 aromatic carbocycles. The van der Waals surface area contributed by atoms with Crippen LogP contribution in [0.2, 0.25) is 0 Å². The number of hydrogen-bond donors (Lipinski definition) is 1. The predicted octanol–water partition coefficient (Wildman–Crippen LogP) is 4.81. The van der Waals surface area contributed by atoms with Crippen LogP contribution in [0.1, 0.15) is 57.2 Å². The third-order valence-corrected chi connectivity index (χ3v) is 7.57. The fourth-order valence-electron chi connectivity index (χ4n) is 3.90. The molecule has 0 aliphatic carbocycles. The zero-order chi connectivity index (χ0) is 22.3. The minimum absolute atomic E-state index is 0.274. The van der Waals surface area contributed by atoms with Crippen LogP contribution in [0.5, 0.6) is 0 Å². The maximum atomic E-state index is 12.1. The van der Waals surface area contributed by atoms with Crippen molar-refractivity contribution in [2.75, 3.05) is 26.3 Å². The Morgan fingerprint density at radius 3 is 2.39 bits per heavy atom. The molecule has 0 saturated carbocycles. The Bertz CT molecular complexity index is 833. The van der Waals surface area contributed by atoms with Gasteiger partial charge in [0, 0.05) is 49.7 Å². The minimum Gasteiger partial charge on any atom is -0.382 e. The Balaban J connectivity index is 1.55. The summed E-state index contributed by atoms with van der Waals surface area (Å²) in [5.74, 6) is 0.181. The van der Waals surface area contributed by atoms with E-state index in [1.165, 1.54) is 11.1 Å². The third kappa shape index (κ3) is 6.31. The van der Waals surface area contributed by atoms with Crippen LogP contribution in [0.15, 0.2) is 42.6 Å². The van der Waals surface area contributed by atoms with E-state index in [-0.39, 0.29) is 5.91 Å². The Morgan fingerprint density at radius 2 is 1.84 bits per heavy atom. The average Bonchev–Trinajstić information content (AvgIpc) is 2.80. The summed E-state index contributed by atoms with van der Waals surface area (Å²) >= 11 is 1.58. The standard InChI is InChI=1S/C25H35N3O2S/c1-4-19-6-8-20(9-7-19)22-10-11-23(27-18-22)21-12-15-28(16-13-21)31-25(3,24(26)29)14-17-30-5-2/h6-11,18,21H,4-5,12-17H2,1-3H3,(H2,26,29). The number of benzene rings is 1. The highest BCUT2D eigenvalue weighted by atomic mass is 32.2. The second-order valence-electron chi connectivity index (χ2n) is 8.36.